The van der Waals surface area contributed by atoms with Crippen molar-refractivity contribution >= 4 is 11.5 Å². The van der Waals surface area contributed by atoms with Crippen molar-refractivity contribution in [2.45, 2.75) is 6.42 Å². The summed E-state index contributed by atoms with van der Waals surface area (Å²) in [5, 5.41) is 3.35. The average molecular weight is 251 g/mol. The molecule has 1 aliphatic heterocycles. The molecule has 6 nitrogen and oxygen atoms in total. The van der Waals surface area contributed by atoms with Crippen molar-refractivity contribution in [3.05, 3.63) is 18.3 Å². The lowest BCUT2D eigenvalue weighted by Crippen LogP contribution is -2.37. The van der Waals surface area contributed by atoms with Crippen molar-refractivity contribution in [1.82, 2.24) is 9.88 Å². The van der Waals surface area contributed by atoms with Crippen molar-refractivity contribution in [1.29, 1.82) is 0 Å². The monoisotopic (exact) mass is 251 g/mol. The number of ether oxygens (including phenoxy) is 1. The number of rotatable bonds is 6. The van der Waals surface area contributed by atoms with Gasteiger partial charge >= 0.3 is 0 Å². The molecule has 1 aromatic heterocycles. The van der Waals surface area contributed by atoms with E-state index in [1.54, 1.807) is 6.20 Å². The number of morpholine rings is 1. The zero-order chi connectivity index (χ0) is 12.6. The van der Waals surface area contributed by atoms with Crippen LogP contribution >= 0.6 is 0 Å². The maximum atomic E-state index is 5.32. The highest BCUT2D eigenvalue weighted by molar-refractivity contribution is 5.46. The number of aromatic nitrogens is 1. The molecule has 0 spiro atoms. The van der Waals surface area contributed by atoms with Gasteiger partial charge in [-0.25, -0.2) is 10.8 Å². The van der Waals surface area contributed by atoms with Gasteiger partial charge in [-0.2, -0.15) is 0 Å². The second-order valence-electron chi connectivity index (χ2n) is 4.31. The first-order chi connectivity index (χ1) is 8.88. The zero-order valence-corrected chi connectivity index (χ0v) is 10.6. The van der Waals surface area contributed by atoms with E-state index in [2.05, 4.69) is 20.6 Å². The molecule has 2 rings (SSSR count). The van der Waals surface area contributed by atoms with E-state index < -0.39 is 0 Å². The number of hydrogen-bond acceptors (Lipinski definition) is 6. The van der Waals surface area contributed by atoms with Crippen molar-refractivity contribution in [3.8, 4) is 0 Å². The maximum Gasteiger partial charge on any atom is 0.140 e. The number of nitrogens with zero attached hydrogens (tertiary/aromatic N) is 2. The van der Waals surface area contributed by atoms with Crippen molar-refractivity contribution in [2.75, 3.05) is 50.1 Å². The Hall–Kier alpha value is -1.37. The number of nitrogen functional groups attached to an aromatic ring is 1. The Morgan fingerprint density at radius 3 is 2.83 bits per heavy atom. The lowest BCUT2D eigenvalue weighted by atomic mass is 10.3. The normalized spacial score (nSPS) is 16.5. The van der Waals surface area contributed by atoms with Crippen LogP contribution in [-0.2, 0) is 4.74 Å². The number of anilines is 2. The molecule has 18 heavy (non-hydrogen) atoms. The quantitative estimate of drug-likeness (QED) is 0.388. The summed E-state index contributed by atoms with van der Waals surface area (Å²) in [5.74, 6) is 5.93. The molecule has 0 bridgehead atoms. The lowest BCUT2D eigenvalue weighted by molar-refractivity contribution is 0.0378. The van der Waals surface area contributed by atoms with Gasteiger partial charge in [0.15, 0.2) is 0 Å². The Morgan fingerprint density at radius 2 is 2.17 bits per heavy atom. The Bertz CT molecular complexity index is 337. The average Bonchev–Trinajstić information content (AvgIpc) is 2.45. The van der Waals surface area contributed by atoms with Crippen LogP contribution in [0.5, 0.6) is 0 Å². The van der Waals surface area contributed by atoms with Crippen LogP contribution in [0.2, 0.25) is 0 Å². The summed E-state index contributed by atoms with van der Waals surface area (Å²) >= 11 is 0. The fraction of sp³-hybridized carbons (Fsp3) is 0.583. The van der Waals surface area contributed by atoms with Crippen LogP contribution < -0.4 is 16.6 Å². The number of nitrogens with one attached hydrogen (secondary N) is 2. The Labute approximate surface area is 107 Å². The first-order valence-electron chi connectivity index (χ1n) is 6.35. The smallest absolute Gasteiger partial charge is 0.140 e. The zero-order valence-electron chi connectivity index (χ0n) is 10.6. The predicted molar refractivity (Wildman–Crippen MR) is 72.4 cm³/mol. The number of hydrazine groups is 1. The van der Waals surface area contributed by atoms with Crippen LogP contribution in [0.4, 0.5) is 11.5 Å². The van der Waals surface area contributed by atoms with Crippen LogP contribution in [0.3, 0.4) is 0 Å². The van der Waals surface area contributed by atoms with E-state index in [-0.39, 0.29) is 0 Å². The molecule has 1 aromatic rings. The minimum Gasteiger partial charge on any atom is -0.384 e. The minimum absolute atomic E-state index is 0.675. The molecule has 0 amide bonds. The number of nitrogens with two attached hydrogens (primary N) is 1. The van der Waals surface area contributed by atoms with E-state index in [9.17, 15) is 0 Å². The second-order valence-corrected chi connectivity index (χ2v) is 4.31. The van der Waals surface area contributed by atoms with Gasteiger partial charge in [-0.15, -0.1) is 0 Å². The van der Waals surface area contributed by atoms with Crippen LogP contribution in [0, 0.1) is 0 Å². The van der Waals surface area contributed by atoms with E-state index in [1.807, 2.05) is 12.1 Å². The van der Waals surface area contributed by atoms with Gasteiger partial charge in [0.25, 0.3) is 0 Å². The molecule has 1 saturated heterocycles. The molecule has 2 heterocycles. The van der Waals surface area contributed by atoms with Gasteiger partial charge in [0.1, 0.15) is 5.82 Å². The van der Waals surface area contributed by atoms with E-state index >= 15 is 0 Å². The third-order valence-electron chi connectivity index (χ3n) is 3.00. The number of pyridine rings is 1. The Balaban J connectivity index is 1.62. The van der Waals surface area contributed by atoms with Crippen LogP contribution in [0.15, 0.2) is 18.3 Å². The Morgan fingerprint density at radius 1 is 1.33 bits per heavy atom. The summed E-state index contributed by atoms with van der Waals surface area (Å²) in [6, 6.07) is 3.82. The maximum absolute atomic E-state index is 5.32. The molecule has 0 saturated carbocycles. The molecule has 0 aliphatic carbocycles. The summed E-state index contributed by atoms with van der Waals surface area (Å²) in [4.78, 5) is 6.58. The summed E-state index contributed by atoms with van der Waals surface area (Å²) in [6.45, 7) is 5.91. The van der Waals surface area contributed by atoms with Gasteiger partial charge in [-0.1, -0.05) is 0 Å². The van der Waals surface area contributed by atoms with Crippen LogP contribution in [0.1, 0.15) is 6.42 Å². The summed E-state index contributed by atoms with van der Waals surface area (Å²) in [5.41, 5.74) is 3.53. The fourth-order valence-corrected chi connectivity index (χ4v) is 1.94. The SMILES string of the molecule is NNc1ccc(NCCCN2CCOCC2)cn1. The topological polar surface area (TPSA) is 75.4 Å². The molecule has 1 aliphatic rings. The predicted octanol–water partition coefficient (Wildman–Crippen LogP) is 0.501. The van der Waals surface area contributed by atoms with E-state index in [4.69, 9.17) is 10.6 Å². The number of hydrogen-bond donors (Lipinski definition) is 3. The van der Waals surface area contributed by atoms with Gasteiger partial charge in [0.2, 0.25) is 0 Å². The first kappa shape index (κ1) is 13.1. The molecule has 1 fully saturated rings. The van der Waals surface area contributed by atoms with Gasteiger partial charge in [-0.3, -0.25) is 4.90 Å². The summed E-state index contributed by atoms with van der Waals surface area (Å²) in [7, 11) is 0. The molecular weight excluding hydrogens is 230 g/mol. The van der Waals surface area contributed by atoms with Gasteiger partial charge in [0.05, 0.1) is 25.1 Å². The highest BCUT2D eigenvalue weighted by Crippen LogP contribution is 2.08. The van der Waals surface area contributed by atoms with E-state index in [0.29, 0.717) is 5.82 Å². The van der Waals surface area contributed by atoms with Crippen molar-refractivity contribution in [2.24, 2.45) is 5.84 Å². The molecule has 0 radical (unpaired) electrons. The van der Waals surface area contributed by atoms with E-state index in [0.717, 1.165) is 51.5 Å². The third kappa shape index (κ3) is 4.14. The van der Waals surface area contributed by atoms with E-state index in [1.165, 1.54) is 0 Å². The highest BCUT2D eigenvalue weighted by Gasteiger charge is 2.08. The van der Waals surface area contributed by atoms with Gasteiger partial charge < -0.3 is 15.5 Å². The molecule has 4 N–H and O–H groups in total. The lowest BCUT2D eigenvalue weighted by Gasteiger charge is -2.26. The summed E-state index contributed by atoms with van der Waals surface area (Å²) in [6.07, 6.45) is 2.90. The highest BCUT2D eigenvalue weighted by atomic mass is 16.5. The van der Waals surface area contributed by atoms with Crippen molar-refractivity contribution in [3.63, 3.8) is 0 Å². The standard InChI is InChI=1S/C12H21N5O/c13-16-12-3-2-11(10-15-12)14-4-1-5-17-6-8-18-9-7-17/h2-3,10,14H,1,4-9,13H2,(H,15,16). The fourth-order valence-electron chi connectivity index (χ4n) is 1.94. The van der Waals surface area contributed by atoms with Crippen LogP contribution in [0.25, 0.3) is 0 Å². The van der Waals surface area contributed by atoms with Crippen LogP contribution in [-0.4, -0.2) is 49.3 Å². The second kappa shape index (κ2) is 7.15. The molecule has 0 aromatic carbocycles. The molecule has 100 valence electrons. The van der Waals surface area contributed by atoms with Gasteiger partial charge in [0, 0.05) is 19.6 Å². The minimum atomic E-state index is 0.675. The molecule has 6 heteroatoms. The van der Waals surface area contributed by atoms with Gasteiger partial charge in [-0.05, 0) is 25.1 Å². The van der Waals surface area contributed by atoms with Crippen molar-refractivity contribution < 1.29 is 4.74 Å². The largest absolute Gasteiger partial charge is 0.384 e. The first-order valence-corrected chi connectivity index (χ1v) is 6.35. The molecular formula is C12H21N5O. The molecule has 0 unspecified atom stereocenters. The third-order valence-corrected chi connectivity index (χ3v) is 3.00. The molecule has 0 atom stereocenters. The Kier molecular flexibility index (Phi) is 5.19. The summed E-state index contributed by atoms with van der Waals surface area (Å²) < 4.78 is 5.32.